The van der Waals surface area contributed by atoms with Crippen LogP contribution in [0.25, 0.3) is 0 Å². The predicted molar refractivity (Wildman–Crippen MR) is 107 cm³/mol. The molecule has 4 nitrogen and oxygen atoms in total. The summed E-state index contributed by atoms with van der Waals surface area (Å²) in [5, 5.41) is 3.02. The molecule has 0 aliphatic carbocycles. The molecule has 0 radical (unpaired) electrons. The van der Waals surface area contributed by atoms with Crippen molar-refractivity contribution in [1.29, 1.82) is 0 Å². The van der Waals surface area contributed by atoms with Gasteiger partial charge in [0.15, 0.2) is 0 Å². The molecule has 1 unspecified atom stereocenters. The van der Waals surface area contributed by atoms with Crippen LogP contribution in [-0.4, -0.2) is 43.3 Å². The van der Waals surface area contributed by atoms with Crippen LogP contribution in [0.1, 0.15) is 24.4 Å². The van der Waals surface area contributed by atoms with Crippen LogP contribution in [0.3, 0.4) is 0 Å². The molecule has 0 saturated carbocycles. The number of nitrogens with zero attached hydrogens (tertiary/aromatic N) is 1. The third-order valence-electron chi connectivity index (χ3n) is 4.77. The highest BCUT2D eigenvalue weighted by Crippen LogP contribution is 2.31. The standard InChI is InChI=1S/C21H25FN2O2S/c1-26-19-10-4-2-8-16(19)18(24-12-6-7-13-24)14-23-21(25)15-27-20-11-5-3-9-17(20)22/h2-5,8-11,18H,6-7,12-15H2,1H3,(H,23,25). The molecular weight excluding hydrogens is 363 g/mol. The van der Waals surface area contributed by atoms with E-state index in [1.54, 1.807) is 25.3 Å². The van der Waals surface area contributed by atoms with E-state index in [1.165, 1.54) is 30.7 Å². The first-order chi connectivity index (χ1) is 13.2. The summed E-state index contributed by atoms with van der Waals surface area (Å²) in [6.45, 7) is 2.54. The Bertz CT molecular complexity index is 765. The van der Waals surface area contributed by atoms with Gasteiger partial charge in [-0.3, -0.25) is 9.69 Å². The average Bonchev–Trinajstić information content (AvgIpc) is 3.22. The lowest BCUT2D eigenvalue weighted by Crippen LogP contribution is -2.37. The summed E-state index contributed by atoms with van der Waals surface area (Å²) in [6.07, 6.45) is 2.34. The van der Waals surface area contributed by atoms with E-state index in [2.05, 4.69) is 16.3 Å². The molecule has 0 spiro atoms. The minimum absolute atomic E-state index is 0.0751. The highest BCUT2D eigenvalue weighted by molar-refractivity contribution is 8.00. The van der Waals surface area contributed by atoms with Gasteiger partial charge in [-0.1, -0.05) is 30.3 Å². The maximum Gasteiger partial charge on any atom is 0.230 e. The van der Waals surface area contributed by atoms with E-state index >= 15 is 0 Å². The topological polar surface area (TPSA) is 41.6 Å². The van der Waals surface area contributed by atoms with Crippen LogP contribution in [0.4, 0.5) is 4.39 Å². The largest absolute Gasteiger partial charge is 0.496 e. The first-order valence-corrected chi connectivity index (χ1v) is 10.2. The number of carbonyl (C=O) groups is 1. The van der Waals surface area contributed by atoms with E-state index in [0.717, 1.165) is 24.4 Å². The summed E-state index contributed by atoms with van der Waals surface area (Å²) in [4.78, 5) is 15.2. The summed E-state index contributed by atoms with van der Waals surface area (Å²) in [5.41, 5.74) is 1.09. The van der Waals surface area contributed by atoms with Gasteiger partial charge in [-0.25, -0.2) is 4.39 Å². The number of halogens is 1. The highest BCUT2D eigenvalue weighted by atomic mass is 32.2. The first-order valence-electron chi connectivity index (χ1n) is 9.20. The summed E-state index contributed by atoms with van der Waals surface area (Å²) in [5.74, 6) is 0.644. The van der Waals surface area contributed by atoms with Gasteiger partial charge in [0.05, 0.1) is 18.9 Å². The molecule has 3 rings (SSSR count). The lowest BCUT2D eigenvalue weighted by atomic mass is 10.0. The molecule has 1 atom stereocenters. The number of hydrogen-bond acceptors (Lipinski definition) is 4. The Morgan fingerprint density at radius 3 is 2.63 bits per heavy atom. The molecule has 2 aromatic carbocycles. The number of nitrogens with one attached hydrogen (secondary N) is 1. The average molecular weight is 389 g/mol. The minimum Gasteiger partial charge on any atom is -0.496 e. The Kier molecular flexibility index (Phi) is 7.12. The molecule has 1 aliphatic heterocycles. The van der Waals surface area contributed by atoms with Crippen molar-refractivity contribution in [3.63, 3.8) is 0 Å². The molecular formula is C21H25FN2O2S. The van der Waals surface area contributed by atoms with Crippen LogP contribution >= 0.6 is 11.8 Å². The van der Waals surface area contributed by atoms with E-state index in [1.807, 2.05) is 18.2 Å². The molecule has 1 fully saturated rings. The van der Waals surface area contributed by atoms with Crippen molar-refractivity contribution < 1.29 is 13.9 Å². The summed E-state index contributed by atoms with van der Waals surface area (Å²) in [7, 11) is 1.67. The molecule has 0 bridgehead atoms. The number of rotatable bonds is 8. The van der Waals surface area contributed by atoms with Crippen LogP contribution in [-0.2, 0) is 4.79 Å². The molecule has 1 aliphatic rings. The molecule has 2 aromatic rings. The highest BCUT2D eigenvalue weighted by Gasteiger charge is 2.26. The monoisotopic (exact) mass is 388 g/mol. The van der Waals surface area contributed by atoms with Gasteiger partial charge >= 0.3 is 0 Å². The number of likely N-dealkylation sites (tertiary alicyclic amines) is 1. The van der Waals surface area contributed by atoms with Crippen molar-refractivity contribution >= 4 is 17.7 Å². The second kappa shape index (κ2) is 9.76. The molecule has 1 saturated heterocycles. The summed E-state index contributed by atoms with van der Waals surface area (Å²) < 4.78 is 19.2. The predicted octanol–water partition coefficient (Wildman–Crippen LogP) is 3.88. The van der Waals surface area contributed by atoms with Crippen LogP contribution in [0.2, 0.25) is 0 Å². The Labute approximate surface area is 164 Å². The van der Waals surface area contributed by atoms with E-state index in [0.29, 0.717) is 11.4 Å². The van der Waals surface area contributed by atoms with Crippen LogP contribution in [0.15, 0.2) is 53.4 Å². The van der Waals surface area contributed by atoms with Gasteiger partial charge in [0.1, 0.15) is 11.6 Å². The Hall–Kier alpha value is -2.05. The third-order valence-corrected chi connectivity index (χ3v) is 5.82. The maximum atomic E-state index is 13.7. The van der Waals surface area contributed by atoms with Gasteiger partial charge in [0.2, 0.25) is 5.91 Å². The number of ether oxygens (including phenoxy) is 1. The second-order valence-electron chi connectivity index (χ2n) is 6.52. The van der Waals surface area contributed by atoms with Crippen LogP contribution in [0.5, 0.6) is 5.75 Å². The van der Waals surface area contributed by atoms with Gasteiger partial charge in [-0.2, -0.15) is 0 Å². The van der Waals surface area contributed by atoms with Crippen molar-refractivity contribution in [3.8, 4) is 5.75 Å². The van der Waals surface area contributed by atoms with E-state index in [4.69, 9.17) is 4.74 Å². The molecule has 6 heteroatoms. The molecule has 0 aromatic heterocycles. The molecule has 1 heterocycles. The smallest absolute Gasteiger partial charge is 0.230 e. The van der Waals surface area contributed by atoms with Gasteiger partial charge in [-0.05, 0) is 44.1 Å². The van der Waals surface area contributed by atoms with Crippen LogP contribution in [0, 0.1) is 5.82 Å². The first kappa shape index (κ1) is 19.7. The third kappa shape index (κ3) is 5.23. The Morgan fingerprint density at radius 2 is 1.89 bits per heavy atom. The van der Waals surface area contributed by atoms with Crippen LogP contribution < -0.4 is 10.1 Å². The van der Waals surface area contributed by atoms with Gasteiger partial charge < -0.3 is 10.1 Å². The number of benzene rings is 2. The fraction of sp³-hybridized carbons (Fsp3) is 0.381. The van der Waals surface area contributed by atoms with Gasteiger partial charge in [0, 0.05) is 17.0 Å². The zero-order valence-electron chi connectivity index (χ0n) is 15.5. The Morgan fingerprint density at radius 1 is 1.19 bits per heavy atom. The number of thioether (sulfide) groups is 1. The lowest BCUT2D eigenvalue weighted by molar-refractivity contribution is -0.118. The molecule has 1 N–H and O–H groups in total. The number of amides is 1. The fourth-order valence-corrected chi connectivity index (χ4v) is 4.17. The minimum atomic E-state index is -0.292. The van der Waals surface area contributed by atoms with Crippen molar-refractivity contribution in [2.24, 2.45) is 0 Å². The molecule has 1 amide bonds. The van der Waals surface area contributed by atoms with E-state index < -0.39 is 0 Å². The van der Waals surface area contributed by atoms with E-state index in [-0.39, 0.29) is 23.5 Å². The van der Waals surface area contributed by atoms with Crippen molar-refractivity contribution in [3.05, 3.63) is 59.9 Å². The Balaban J connectivity index is 1.62. The lowest BCUT2D eigenvalue weighted by Gasteiger charge is -2.29. The summed E-state index contributed by atoms with van der Waals surface area (Å²) in [6, 6.07) is 14.5. The number of methoxy groups -OCH3 is 1. The number of carbonyl (C=O) groups excluding carboxylic acids is 1. The molecule has 27 heavy (non-hydrogen) atoms. The molecule has 144 valence electrons. The summed E-state index contributed by atoms with van der Waals surface area (Å²) >= 11 is 1.22. The second-order valence-corrected chi connectivity index (χ2v) is 7.54. The quantitative estimate of drug-likeness (QED) is 0.697. The van der Waals surface area contributed by atoms with Crippen molar-refractivity contribution in [2.45, 2.75) is 23.8 Å². The van der Waals surface area contributed by atoms with Gasteiger partial charge in [0.25, 0.3) is 0 Å². The maximum absolute atomic E-state index is 13.7. The number of para-hydroxylation sites is 1. The van der Waals surface area contributed by atoms with E-state index in [9.17, 15) is 9.18 Å². The fourth-order valence-electron chi connectivity index (χ4n) is 3.40. The number of hydrogen-bond donors (Lipinski definition) is 1. The zero-order valence-corrected chi connectivity index (χ0v) is 16.3. The van der Waals surface area contributed by atoms with Crippen molar-refractivity contribution in [1.82, 2.24) is 10.2 Å². The SMILES string of the molecule is COc1ccccc1C(CNC(=O)CSc1ccccc1F)N1CCCC1. The van der Waals surface area contributed by atoms with Gasteiger partial charge in [-0.15, -0.1) is 11.8 Å². The normalized spacial score (nSPS) is 15.5. The van der Waals surface area contributed by atoms with Crippen molar-refractivity contribution in [2.75, 3.05) is 32.5 Å². The zero-order chi connectivity index (χ0) is 19.1.